The molecule has 26 heavy (non-hydrogen) atoms. The summed E-state index contributed by atoms with van der Waals surface area (Å²) >= 11 is 0. The molecule has 0 saturated carbocycles. The van der Waals surface area contributed by atoms with Crippen LogP contribution in [-0.4, -0.2) is 55.4 Å². The number of para-hydroxylation sites is 1. The average molecular weight is 355 g/mol. The Kier molecular flexibility index (Phi) is 6.41. The predicted octanol–water partition coefficient (Wildman–Crippen LogP) is 4.40. The van der Waals surface area contributed by atoms with Crippen LogP contribution >= 0.6 is 0 Å². The second-order valence-electron chi connectivity index (χ2n) is 7.23. The molecule has 0 aliphatic carbocycles. The van der Waals surface area contributed by atoms with Gasteiger partial charge in [0.15, 0.2) is 0 Å². The summed E-state index contributed by atoms with van der Waals surface area (Å²) in [7, 11) is 12.7. The second-order valence-corrected chi connectivity index (χ2v) is 7.23. The van der Waals surface area contributed by atoms with Crippen molar-refractivity contribution < 1.29 is 0 Å². The largest absolute Gasteiger partial charge is 0.378 e. The Morgan fingerprint density at radius 2 is 1.15 bits per heavy atom. The Balaban J connectivity index is 2.85. The maximum Gasteiger partial charge on any atom is 0.0483 e. The summed E-state index contributed by atoms with van der Waals surface area (Å²) < 4.78 is 0. The number of rotatable bonds is 7. The first-order valence-corrected chi connectivity index (χ1v) is 9.36. The molecule has 0 aliphatic rings. The van der Waals surface area contributed by atoms with Crippen molar-refractivity contribution in [1.29, 1.82) is 0 Å². The van der Waals surface area contributed by atoms with E-state index in [0.717, 1.165) is 13.1 Å². The third kappa shape index (κ3) is 3.90. The first-order valence-electron chi connectivity index (χ1n) is 9.36. The molecule has 0 saturated heterocycles. The quantitative estimate of drug-likeness (QED) is 0.731. The second kappa shape index (κ2) is 8.35. The fourth-order valence-electron chi connectivity index (χ4n) is 3.36. The van der Waals surface area contributed by atoms with Crippen LogP contribution in [0.4, 0.5) is 22.7 Å². The van der Waals surface area contributed by atoms with Gasteiger partial charge in [-0.25, -0.2) is 0 Å². The highest BCUT2D eigenvalue weighted by Crippen LogP contribution is 2.44. The molecule has 0 amide bonds. The van der Waals surface area contributed by atoms with Gasteiger partial charge in [-0.3, -0.25) is 0 Å². The minimum Gasteiger partial charge on any atom is -0.378 e. The molecule has 2 rings (SSSR count). The van der Waals surface area contributed by atoms with Crippen molar-refractivity contribution in [3.05, 3.63) is 36.4 Å². The van der Waals surface area contributed by atoms with Gasteiger partial charge in [-0.05, 0) is 32.0 Å². The molecule has 0 aromatic heterocycles. The highest BCUT2D eigenvalue weighted by atomic mass is 15.1. The van der Waals surface area contributed by atoms with Gasteiger partial charge in [0.25, 0.3) is 0 Å². The summed E-state index contributed by atoms with van der Waals surface area (Å²) in [6.07, 6.45) is 0. The summed E-state index contributed by atoms with van der Waals surface area (Å²) in [5.41, 5.74) is 7.55. The van der Waals surface area contributed by atoms with Crippen LogP contribution in [0.1, 0.15) is 13.8 Å². The molecular weight excluding hydrogens is 320 g/mol. The fraction of sp³-hybridized carbons (Fsp3) is 0.455. The zero-order valence-electron chi connectivity index (χ0n) is 17.7. The van der Waals surface area contributed by atoms with Crippen LogP contribution in [0.25, 0.3) is 11.1 Å². The van der Waals surface area contributed by atoms with Gasteiger partial charge in [0.2, 0.25) is 0 Å². The van der Waals surface area contributed by atoms with Crippen LogP contribution in [0.15, 0.2) is 36.4 Å². The minimum absolute atomic E-state index is 0.998. The van der Waals surface area contributed by atoms with Crippen molar-refractivity contribution in [2.45, 2.75) is 13.8 Å². The maximum atomic E-state index is 2.42. The summed E-state index contributed by atoms with van der Waals surface area (Å²) in [5, 5.41) is 0. The molecule has 0 radical (unpaired) electrons. The lowest BCUT2D eigenvalue weighted by molar-refractivity contribution is 0.867. The predicted molar refractivity (Wildman–Crippen MR) is 118 cm³/mol. The van der Waals surface area contributed by atoms with Crippen molar-refractivity contribution in [2.24, 2.45) is 0 Å². The van der Waals surface area contributed by atoms with Crippen molar-refractivity contribution in [2.75, 3.05) is 75.0 Å². The van der Waals surface area contributed by atoms with Crippen LogP contribution in [-0.2, 0) is 0 Å². The van der Waals surface area contributed by atoms with Gasteiger partial charge in [-0.1, -0.05) is 18.2 Å². The zero-order valence-corrected chi connectivity index (χ0v) is 17.7. The third-order valence-corrected chi connectivity index (χ3v) is 4.84. The first kappa shape index (κ1) is 20.0. The summed E-state index contributed by atoms with van der Waals surface area (Å²) in [6.45, 7) is 6.43. The Morgan fingerprint density at radius 1 is 0.654 bits per heavy atom. The maximum absolute atomic E-state index is 2.42. The number of benzene rings is 2. The third-order valence-electron chi connectivity index (χ3n) is 4.84. The van der Waals surface area contributed by atoms with E-state index in [4.69, 9.17) is 0 Å². The number of anilines is 4. The Bertz CT molecular complexity index is 702. The Morgan fingerprint density at radius 3 is 1.58 bits per heavy atom. The minimum atomic E-state index is 0.998. The van der Waals surface area contributed by atoms with E-state index >= 15 is 0 Å². The molecule has 2 aromatic rings. The van der Waals surface area contributed by atoms with E-state index in [2.05, 4.69) is 112 Å². The van der Waals surface area contributed by atoms with Crippen LogP contribution < -0.4 is 19.6 Å². The van der Waals surface area contributed by atoms with Gasteiger partial charge in [0.05, 0.1) is 0 Å². The first-order chi connectivity index (χ1) is 12.3. The molecule has 0 bridgehead atoms. The monoisotopic (exact) mass is 354 g/mol. The lowest BCUT2D eigenvalue weighted by atomic mass is 9.97. The van der Waals surface area contributed by atoms with Gasteiger partial charge < -0.3 is 19.6 Å². The van der Waals surface area contributed by atoms with Crippen molar-refractivity contribution in [3.63, 3.8) is 0 Å². The SMILES string of the molecule is CCN(CC)c1ccccc1-c1c(N(C)C)cc(N(C)C)cc1N(C)C. The van der Waals surface area contributed by atoms with Gasteiger partial charge in [-0.15, -0.1) is 0 Å². The van der Waals surface area contributed by atoms with Crippen molar-refractivity contribution in [3.8, 4) is 11.1 Å². The number of hydrogen-bond acceptors (Lipinski definition) is 4. The molecule has 0 unspecified atom stereocenters. The summed E-state index contributed by atoms with van der Waals surface area (Å²) in [4.78, 5) is 9.02. The van der Waals surface area contributed by atoms with Crippen LogP contribution in [0.2, 0.25) is 0 Å². The molecule has 0 heterocycles. The van der Waals surface area contributed by atoms with E-state index in [1.54, 1.807) is 0 Å². The molecule has 0 atom stereocenters. The molecular formula is C22H34N4. The number of nitrogens with zero attached hydrogens (tertiary/aromatic N) is 4. The van der Waals surface area contributed by atoms with Crippen LogP contribution in [0.3, 0.4) is 0 Å². The van der Waals surface area contributed by atoms with E-state index in [-0.39, 0.29) is 0 Å². The molecule has 4 nitrogen and oxygen atoms in total. The zero-order chi connectivity index (χ0) is 19.4. The van der Waals surface area contributed by atoms with Gasteiger partial charge in [-0.2, -0.15) is 0 Å². The normalized spacial score (nSPS) is 10.6. The lowest BCUT2D eigenvalue weighted by Gasteiger charge is -2.30. The van der Waals surface area contributed by atoms with Crippen LogP contribution in [0, 0.1) is 0 Å². The summed E-state index contributed by atoms with van der Waals surface area (Å²) in [6, 6.07) is 13.3. The van der Waals surface area contributed by atoms with Crippen molar-refractivity contribution >= 4 is 22.7 Å². The van der Waals surface area contributed by atoms with Gasteiger partial charge in [0.1, 0.15) is 0 Å². The van der Waals surface area contributed by atoms with E-state index in [1.807, 2.05) is 0 Å². The van der Waals surface area contributed by atoms with Gasteiger partial charge in [0, 0.05) is 89.3 Å². The molecule has 0 N–H and O–H groups in total. The lowest BCUT2D eigenvalue weighted by Crippen LogP contribution is -2.23. The average Bonchev–Trinajstić information content (AvgIpc) is 2.61. The highest BCUT2D eigenvalue weighted by molar-refractivity contribution is 5.97. The smallest absolute Gasteiger partial charge is 0.0483 e. The molecule has 0 fully saturated rings. The van der Waals surface area contributed by atoms with E-state index in [0.29, 0.717) is 0 Å². The van der Waals surface area contributed by atoms with Crippen LogP contribution in [0.5, 0.6) is 0 Å². The standard InChI is InChI=1S/C22H34N4/c1-9-26(10-2)19-14-12-11-13-18(19)22-20(24(5)6)15-17(23(3)4)16-21(22)25(7)8/h11-16H,9-10H2,1-8H3. The van der Waals surface area contributed by atoms with Gasteiger partial charge >= 0.3 is 0 Å². The molecule has 4 heteroatoms. The Hall–Kier alpha value is -2.36. The van der Waals surface area contributed by atoms with E-state index < -0.39 is 0 Å². The molecule has 142 valence electrons. The van der Waals surface area contributed by atoms with E-state index in [1.165, 1.54) is 33.9 Å². The number of hydrogen-bond donors (Lipinski definition) is 0. The molecule has 0 aliphatic heterocycles. The topological polar surface area (TPSA) is 13.0 Å². The van der Waals surface area contributed by atoms with Crippen molar-refractivity contribution in [1.82, 2.24) is 0 Å². The highest BCUT2D eigenvalue weighted by Gasteiger charge is 2.20. The molecule has 0 spiro atoms. The summed E-state index contributed by atoms with van der Waals surface area (Å²) in [5.74, 6) is 0. The fourth-order valence-corrected chi connectivity index (χ4v) is 3.36. The Labute approximate surface area is 159 Å². The van der Waals surface area contributed by atoms with E-state index in [9.17, 15) is 0 Å². The molecule has 2 aromatic carbocycles.